The van der Waals surface area contributed by atoms with Crippen LogP contribution in [-0.2, 0) is 0 Å². The molecule has 212 valence electrons. The van der Waals surface area contributed by atoms with Crippen LogP contribution < -0.4 is 9.47 Å². The molecule has 0 aliphatic heterocycles. The number of methoxy groups -OCH3 is 2. The number of phenolic OH excluding ortho intramolecular Hbond substituents is 2. The van der Waals surface area contributed by atoms with Crippen molar-refractivity contribution >= 4 is 67.9 Å². The molecule has 0 amide bonds. The standard InChI is InChI=1S/C18H14Cl2O2.C16H10Cl2O2/c1-21-12-5-3-11(4-6-12)13-7-8-15-14(17(13)19)9-10-16(22-2)18(15)20;17-15-11(9-1-3-10(19)4-2-9)5-6-13-12(15)7-8-14(20)16(13)18/h3-10H,1-2H3;1-8,19-20H. The number of ether oxygens (including phenoxy) is 2. The molecule has 0 unspecified atom stereocenters. The molecule has 6 rings (SSSR count). The largest absolute Gasteiger partial charge is 0.508 e. The van der Waals surface area contributed by atoms with Gasteiger partial charge >= 0.3 is 0 Å². The maximum Gasteiger partial charge on any atom is 0.138 e. The number of benzene rings is 6. The van der Waals surface area contributed by atoms with Crippen LogP contribution in [0.2, 0.25) is 20.1 Å². The third-order valence-corrected chi connectivity index (χ3v) is 8.48. The molecule has 42 heavy (non-hydrogen) atoms. The summed E-state index contributed by atoms with van der Waals surface area (Å²) in [4.78, 5) is 0. The summed E-state index contributed by atoms with van der Waals surface area (Å²) in [5.74, 6) is 1.70. The third-order valence-electron chi connectivity index (χ3n) is 6.88. The van der Waals surface area contributed by atoms with E-state index in [1.807, 2.05) is 60.7 Å². The Balaban J connectivity index is 0.000000169. The average Bonchev–Trinajstić information content (AvgIpc) is 3.01. The molecule has 0 spiro atoms. The minimum Gasteiger partial charge on any atom is -0.508 e. The van der Waals surface area contributed by atoms with Crippen molar-refractivity contribution in [2.45, 2.75) is 0 Å². The van der Waals surface area contributed by atoms with Gasteiger partial charge in [-0.05, 0) is 59.7 Å². The van der Waals surface area contributed by atoms with Crippen LogP contribution in [0.25, 0.3) is 43.8 Å². The molecule has 0 atom stereocenters. The molecular formula is C34H24Cl4O4. The van der Waals surface area contributed by atoms with E-state index in [1.165, 1.54) is 6.07 Å². The zero-order chi connectivity index (χ0) is 30.0. The summed E-state index contributed by atoms with van der Waals surface area (Å²) in [6.45, 7) is 0. The Labute approximate surface area is 263 Å². The summed E-state index contributed by atoms with van der Waals surface area (Å²) in [6.07, 6.45) is 0. The fraction of sp³-hybridized carbons (Fsp3) is 0.0588. The summed E-state index contributed by atoms with van der Waals surface area (Å²) in [6, 6.07) is 29.2. The minimum absolute atomic E-state index is 0.0348. The fourth-order valence-corrected chi connectivity index (χ4v) is 5.85. The summed E-state index contributed by atoms with van der Waals surface area (Å²) in [5, 5.41) is 24.3. The highest BCUT2D eigenvalue weighted by Gasteiger charge is 2.13. The maximum absolute atomic E-state index is 9.62. The maximum atomic E-state index is 9.62. The van der Waals surface area contributed by atoms with Crippen molar-refractivity contribution in [3.8, 4) is 45.3 Å². The highest BCUT2D eigenvalue weighted by atomic mass is 35.5. The van der Waals surface area contributed by atoms with Gasteiger partial charge in [-0.15, -0.1) is 0 Å². The van der Waals surface area contributed by atoms with Crippen molar-refractivity contribution < 1.29 is 19.7 Å². The second-order valence-electron chi connectivity index (χ2n) is 9.30. The molecule has 0 heterocycles. The van der Waals surface area contributed by atoms with E-state index in [0.29, 0.717) is 31.2 Å². The lowest BCUT2D eigenvalue weighted by atomic mass is 10.0. The lowest BCUT2D eigenvalue weighted by molar-refractivity contribution is 0.415. The van der Waals surface area contributed by atoms with Gasteiger partial charge in [-0.25, -0.2) is 0 Å². The van der Waals surface area contributed by atoms with Crippen molar-refractivity contribution in [3.63, 3.8) is 0 Å². The molecular weight excluding hydrogens is 614 g/mol. The Morgan fingerprint density at radius 1 is 0.452 bits per heavy atom. The van der Waals surface area contributed by atoms with Crippen molar-refractivity contribution in [2.24, 2.45) is 0 Å². The summed E-state index contributed by atoms with van der Waals surface area (Å²) >= 11 is 25.5. The Kier molecular flexibility index (Phi) is 8.91. The molecule has 0 aliphatic carbocycles. The average molecular weight is 638 g/mol. The molecule has 6 aromatic carbocycles. The smallest absolute Gasteiger partial charge is 0.138 e. The van der Waals surface area contributed by atoms with Crippen LogP contribution in [0.1, 0.15) is 0 Å². The van der Waals surface area contributed by atoms with Gasteiger partial charge in [0.2, 0.25) is 0 Å². The number of hydrogen-bond donors (Lipinski definition) is 2. The van der Waals surface area contributed by atoms with Crippen LogP contribution in [0.3, 0.4) is 0 Å². The predicted molar refractivity (Wildman–Crippen MR) is 175 cm³/mol. The second-order valence-corrected chi connectivity index (χ2v) is 10.8. The van der Waals surface area contributed by atoms with Crippen molar-refractivity contribution in [1.82, 2.24) is 0 Å². The first kappa shape index (κ1) is 29.7. The van der Waals surface area contributed by atoms with Crippen molar-refractivity contribution in [2.75, 3.05) is 14.2 Å². The van der Waals surface area contributed by atoms with Gasteiger partial charge in [0, 0.05) is 32.7 Å². The van der Waals surface area contributed by atoms with E-state index >= 15 is 0 Å². The van der Waals surface area contributed by atoms with Gasteiger partial charge in [-0.3, -0.25) is 0 Å². The monoisotopic (exact) mass is 636 g/mol. The SMILES string of the molecule is COc1ccc(-c2ccc3c(Cl)c(OC)ccc3c2Cl)cc1.Oc1ccc(-c2ccc3c(Cl)c(O)ccc3c2Cl)cc1. The number of hydrogen-bond acceptors (Lipinski definition) is 4. The van der Waals surface area contributed by atoms with Gasteiger partial charge in [0.25, 0.3) is 0 Å². The van der Waals surface area contributed by atoms with E-state index < -0.39 is 0 Å². The lowest BCUT2D eigenvalue weighted by Gasteiger charge is -2.11. The number of halogens is 4. The van der Waals surface area contributed by atoms with E-state index in [2.05, 4.69) is 0 Å². The molecule has 0 bridgehead atoms. The molecule has 0 aliphatic rings. The molecule has 8 heteroatoms. The number of rotatable bonds is 4. The third kappa shape index (κ3) is 5.77. The van der Waals surface area contributed by atoms with Crippen LogP contribution >= 0.6 is 46.4 Å². The number of fused-ring (bicyclic) bond motifs is 2. The van der Waals surface area contributed by atoms with Crippen LogP contribution in [0.5, 0.6) is 23.0 Å². The van der Waals surface area contributed by atoms with E-state index in [-0.39, 0.29) is 11.5 Å². The first-order chi connectivity index (χ1) is 20.2. The first-order valence-corrected chi connectivity index (χ1v) is 14.2. The molecule has 2 N–H and O–H groups in total. The molecule has 0 radical (unpaired) electrons. The highest BCUT2D eigenvalue weighted by Crippen LogP contribution is 2.41. The lowest BCUT2D eigenvalue weighted by Crippen LogP contribution is -1.88. The van der Waals surface area contributed by atoms with Gasteiger partial charge in [0.15, 0.2) is 0 Å². The van der Waals surface area contributed by atoms with E-state index in [4.69, 9.17) is 55.9 Å². The number of aromatic hydroxyl groups is 2. The number of phenols is 2. The molecule has 4 nitrogen and oxygen atoms in total. The Bertz CT molecular complexity index is 1900. The highest BCUT2D eigenvalue weighted by molar-refractivity contribution is 6.43. The molecule has 0 saturated carbocycles. The molecule has 0 fully saturated rings. The van der Waals surface area contributed by atoms with Crippen molar-refractivity contribution in [1.29, 1.82) is 0 Å². The molecule has 0 saturated heterocycles. The van der Waals surface area contributed by atoms with Crippen LogP contribution in [-0.4, -0.2) is 24.4 Å². The van der Waals surface area contributed by atoms with Crippen LogP contribution in [0.4, 0.5) is 0 Å². The Morgan fingerprint density at radius 2 is 0.905 bits per heavy atom. The summed E-state index contributed by atoms with van der Waals surface area (Å²) < 4.78 is 10.4. The zero-order valence-electron chi connectivity index (χ0n) is 22.5. The zero-order valence-corrected chi connectivity index (χ0v) is 25.5. The van der Waals surface area contributed by atoms with Gasteiger partial charge < -0.3 is 19.7 Å². The quantitative estimate of drug-likeness (QED) is 0.202. The Hall–Kier alpha value is -3.80. The minimum atomic E-state index is 0.0348. The summed E-state index contributed by atoms with van der Waals surface area (Å²) in [7, 11) is 3.24. The molecule has 6 aromatic rings. The van der Waals surface area contributed by atoms with Gasteiger partial charge in [0.05, 0.1) is 34.3 Å². The topological polar surface area (TPSA) is 58.9 Å². The van der Waals surface area contributed by atoms with Gasteiger partial charge in [-0.2, -0.15) is 0 Å². The van der Waals surface area contributed by atoms with E-state index in [9.17, 15) is 10.2 Å². The summed E-state index contributed by atoms with van der Waals surface area (Å²) in [5.41, 5.74) is 3.73. The van der Waals surface area contributed by atoms with Gasteiger partial charge in [-0.1, -0.05) is 94.9 Å². The fourth-order valence-electron chi connectivity index (χ4n) is 4.65. The Morgan fingerprint density at radius 3 is 1.43 bits per heavy atom. The van der Waals surface area contributed by atoms with Gasteiger partial charge in [0.1, 0.15) is 23.0 Å². The normalized spacial score (nSPS) is 10.8. The van der Waals surface area contributed by atoms with E-state index in [1.54, 1.807) is 44.6 Å². The predicted octanol–water partition coefficient (Wildman–Crippen LogP) is 11.1. The first-order valence-electron chi connectivity index (χ1n) is 12.7. The van der Waals surface area contributed by atoms with E-state index in [0.717, 1.165) is 44.2 Å². The second kappa shape index (κ2) is 12.6. The van der Waals surface area contributed by atoms with Crippen LogP contribution in [0.15, 0.2) is 97.1 Å². The van der Waals surface area contributed by atoms with Crippen molar-refractivity contribution in [3.05, 3.63) is 117 Å². The van der Waals surface area contributed by atoms with Crippen LogP contribution in [0, 0.1) is 0 Å². The molecule has 0 aromatic heterocycles.